The first-order valence-electron chi connectivity index (χ1n) is 6.35. The molecule has 3 heterocycles. The summed E-state index contributed by atoms with van der Waals surface area (Å²) in [5, 5.41) is 3.17. The fourth-order valence-electron chi connectivity index (χ4n) is 2.70. The summed E-state index contributed by atoms with van der Waals surface area (Å²) in [5.41, 5.74) is 3.17. The summed E-state index contributed by atoms with van der Waals surface area (Å²) in [6.45, 7) is 1.95. The number of ether oxygens (including phenoxy) is 1. The minimum absolute atomic E-state index is 0.767. The lowest BCUT2D eigenvalue weighted by Gasteiger charge is -2.07. The number of thioether (sulfide) groups is 2. The van der Waals surface area contributed by atoms with Crippen molar-refractivity contribution in [1.29, 1.82) is 0 Å². The summed E-state index contributed by atoms with van der Waals surface area (Å²) in [6, 6.07) is 9.03. The lowest BCUT2D eigenvalue weighted by atomic mass is 9.98. The van der Waals surface area contributed by atoms with Crippen molar-refractivity contribution >= 4 is 23.5 Å². The molecule has 0 bridgehead atoms. The zero-order valence-corrected chi connectivity index (χ0v) is 11.3. The van der Waals surface area contributed by atoms with Crippen LogP contribution in [0, 0.1) is 0 Å². The molecular formula is C14H16OS2. The van der Waals surface area contributed by atoms with Crippen LogP contribution in [-0.4, -0.2) is 34.2 Å². The van der Waals surface area contributed by atoms with E-state index in [1.807, 2.05) is 0 Å². The molecule has 3 heteroatoms. The molecule has 1 aromatic carbocycles. The SMILES string of the molecule is c1ccc2c(c1)CC1SC1COCC1SC1C2. The lowest BCUT2D eigenvalue weighted by molar-refractivity contribution is 0.145. The highest BCUT2D eigenvalue weighted by Gasteiger charge is 2.43. The van der Waals surface area contributed by atoms with Crippen molar-refractivity contribution < 1.29 is 4.74 Å². The zero-order chi connectivity index (χ0) is 11.2. The number of fused-ring (bicyclic) bond motifs is 3. The van der Waals surface area contributed by atoms with E-state index in [9.17, 15) is 0 Å². The van der Waals surface area contributed by atoms with Crippen LogP contribution in [-0.2, 0) is 17.6 Å². The summed E-state index contributed by atoms with van der Waals surface area (Å²) in [6.07, 6.45) is 2.49. The van der Waals surface area contributed by atoms with Gasteiger partial charge in [-0.3, -0.25) is 0 Å². The van der Waals surface area contributed by atoms with Crippen LogP contribution in [0.3, 0.4) is 0 Å². The van der Waals surface area contributed by atoms with Crippen LogP contribution in [0.15, 0.2) is 24.3 Å². The van der Waals surface area contributed by atoms with E-state index in [1.165, 1.54) is 12.8 Å². The second kappa shape index (κ2) is 4.22. The molecular weight excluding hydrogens is 248 g/mol. The monoisotopic (exact) mass is 264 g/mol. The molecule has 1 aromatic rings. The summed E-state index contributed by atoms with van der Waals surface area (Å²) in [5.74, 6) is 0. The lowest BCUT2D eigenvalue weighted by Crippen LogP contribution is -2.10. The van der Waals surface area contributed by atoms with Crippen LogP contribution in [0.4, 0.5) is 0 Å². The Kier molecular flexibility index (Phi) is 2.67. The first-order valence-corrected chi connectivity index (χ1v) is 8.24. The maximum atomic E-state index is 5.83. The predicted octanol–water partition coefficient (Wildman–Crippen LogP) is 2.77. The van der Waals surface area contributed by atoms with Crippen molar-refractivity contribution in [3.8, 4) is 0 Å². The normalized spacial score (nSPS) is 39.3. The quantitative estimate of drug-likeness (QED) is 0.667. The maximum absolute atomic E-state index is 5.83. The van der Waals surface area contributed by atoms with E-state index < -0.39 is 0 Å². The van der Waals surface area contributed by atoms with Gasteiger partial charge in [0.1, 0.15) is 0 Å². The van der Waals surface area contributed by atoms with Crippen molar-refractivity contribution in [3.05, 3.63) is 35.4 Å². The Morgan fingerprint density at radius 1 is 0.824 bits per heavy atom. The smallest absolute Gasteiger partial charge is 0.0596 e. The highest BCUT2D eigenvalue weighted by atomic mass is 32.2. The van der Waals surface area contributed by atoms with Crippen LogP contribution in [0.1, 0.15) is 11.1 Å². The van der Waals surface area contributed by atoms with Crippen molar-refractivity contribution in [2.24, 2.45) is 0 Å². The average molecular weight is 264 g/mol. The van der Waals surface area contributed by atoms with Crippen LogP contribution in [0.2, 0.25) is 0 Å². The third-order valence-corrected chi connectivity index (χ3v) is 6.59. The minimum atomic E-state index is 0.767. The van der Waals surface area contributed by atoms with Crippen LogP contribution in [0.5, 0.6) is 0 Å². The molecule has 4 unspecified atom stereocenters. The fourth-order valence-corrected chi connectivity index (χ4v) is 4.67. The molecule has 0 saturated carbocycles. The standard InChI is InChI=1S/C14H16OS2/c1-2-4-10-6-12-14(17-12)8-15-7-13-11(16-13)5-9(10)3-1/h1-4,11-14H,5-8H2. The van der Waals surface area contributed by atoms with E-state index in [2.05, 4.69) is 47.8 Å². The van der Waals surface area contributed by atoms with Crippen molar-refractivity contribution in [3.63, 3.8) is 0 Å². The van der Waals surface area contributed by atoms with Gasteiger partial charge in [0.05, 0.1) is 13.2 Å². The van der Waals surface area contributed by atoms with Gasteiger partial charge in [-0.05, 0) is 24.0 Å². The number of benzene rings is 1. The van der Waals surface area contributed by atoms with E-state index in [0.29, 0.717) is 0 Å². The molecule has 17 heavy (non-hydrogen) atoms. The molecule has 0 amide bonds. The molecule has 3 aliphatic rings. The second-order valence-corrected chi connectivity index (χ2v) is 8.11. The fraction of sp³-hybridized carbons (Fsp3) is 0.571. The molecule has 3 aliphatic heterocycles. The van der Waals surface area contributed by atoms with E-state index in [-0.39, 0.29) is 0 Å². The van der Waals surface area contributed by atoms with Gasteiger partial charge >= 0.3 is 0 Å². The molecule has 90 valence electrons. The third kappa shape index (κ3) is 2.25. The Hall–Kier alpha value is -0.120. The van der Waals surface area contributed by atoms with Gasteiger partial charge in [-0.25, -0.2) is 0 Å². The highest BCUT2D eigenvalue weighted by molar-refractivity contribution is 8.08. The minimum Gasteiger partial charge on any atom is -0.379 e. The molecule has 0 N–H and O–H groups in total. The molecule has 2 saturated heterocycles. The largest absolute Gasteiger partial charge is 0.379 e. The van der Waals surface area contributed by atoms with E-state index >= 15 is 0 Å². The first kappa shape index (κ1) is 10.8. The summed E-state index contributed by atoms with van der Waals surface area (Å²) < 4.78 is 5.83. The van der Waals surface area contributed by atoms with Crippen molar-refractivity contribution in [1.82, 2.24) is 0 Å². The van der Waals surface area contributed by atoms with Gasteiger partial charge < -0.3 is 4.74 Å². The first-order chi connectivity index (χ1) is 8.40. The summed E-state index contributed by atoms with van der Waals surface area (Å²) in [7, 11) is 0. The summed E-state index contributed by atoms with van der Waals surface area (Å²) >= 11 is 4.20. The van der Waals surface area contributed by atoms with Gasteiger partial charge in [0.2, 0.25) is 0 Å². The molecule has 0 aliphatic carbocycles. The van der Waals surface area contributed by atoms with Gasteiger partial charge in [-0.1, -0.05) is 24.3 Å². The second-order valence-electron chi connectivity index (χ2n) is 5.14. The Bertz CT molecular complexity index is 395. The maximum Gasteiger partial charge on any atom is 0.0596 e. The van der Waals surface area contributed by atoms with Crippen molar-refractivity contribution in [2.45, 2.75) is 33.8 Å². The van der Waals surface area contributed by atoms with Gasteiger partial charge in [0, 0.05) is 21.0 Å². The molecule has 2 fully saturated rings. The molecule has 0 aromatic heterocycles. The number of hydrogen-bond acceptors (Lipinski definition) is 3. The van der Waals surface area contributed by atoms with Gasteiger partial charge in [0.15, 0.2) is 0 Å². The number of hydrogen-bond donors (Lipinski definition) is 0. The van der Waals surface area contributed by atoms with E-state index in [0.717, 1.165) is 34.2 Å². The van der Waals surface area contributed by atoms with Crippen LogP contribution in [0.25, 0.3) is 0 Å². The topological polar surface area (TPSA) is 9.23 Å². The molecule has 0 spiro atoms. The van der Waals surface area contributed by atoms with Crippen molar-refractivity contribution in [2.75, 3.05) is 13.2 Å². The third-order valence-electron chi connectivity index (χ3n) is 3.90. The Morgan fingerprint density at radius 2 is 1.35 bits per heavy atom. The van der Waals surface area contributed by atoms with E-state index in [4.69, 9.17) is 4.74 Å². The molecule has 0 radical (unpaired) electrons. The Labute approximate surface area is 111 Å². The number of rotatable bonds is 0. The predicted molar refractivity (Wildman–Crippen MR) is 75.0 cm³/mol. The highest BCUT2D eigenvalue weighted by Crippen LogP contribution is 2.48. The van der Waals surface area contributed by atoms with Gasteiger partial charge in [-0.15, -0.1) is 23.5 Å². The van der Waals surface area contributed by atoms with Crippen LogP contribution < -0.4 is 0 Å². The van der Waals surface area contributed by atoms with Gasteiger partial charge in [0.25, 0.3) is 0 Å². The Balaban J connectivity index is 1.60. The van der Waals surface area contributed by atoms with Gasteiger partial charge in [-0.2, -0.15) is 0 Å². The molecule has 4 rings (SSSR count). The molecule has 1 nitrogen and oxygen atoms in total. The summed E-state index contributed by atoms with van der Waals surface area (Å²) in [4.78, 5) is 0. The van der Waals surface area contributed by atoms with Crippen LogP contribution >= 0.6 is 23.5 Å². The zero-order valence-electron chi connectivity index (χ0n) is 9.67. The molecule has 4 atom stereocenters. The van der Waals surface area contributed by atoms with E-state index in [1.54, 1.807) is 11.1 Å². The average Bonchev–Trinajstić information content (AvgIpc) is 3.20. The Morgan fingerprint density at radius 3 is 1.88 bits per heavy atom.